The molecule has 0 fully saturated rings. The zero-order valence-electron chi connectivity index (χ0n) is 15.2. The molecule has 2 heterocycles. The van der Waals surface area contributed by atoms with E-state index < -0.39 is 18.0 Å². The van der Waals surface area contributed by atoms with Gasteiger partial charge in [0.25, 0.3) is 0 Å². The van der Waals surface area contributed by atoms with Crippen molar-refractivity contribution in [1.29, 1.82) is 0 Å². The summed E-state index contributed by atoms with van der Waals surface area (Å²) in [6.07, 6.45) is 3.10. The molecule has 0 aliphatic carbocycles. The number of carbonyl (C=O) groups excluding carboxylic acids is 2. The van der Waals surface area contributed by atoms with Crippen molar-refractivity contribution in [1.82, 2.24) is 15.3 Å². The van der Waals surface area contributed by atoms with Crippen LogP contribution < -0.4 is 14.8 Å². The average molecular weight is 377 g/mol. The van der Waals surface area contributed by atoms with Crippen LogP contribution in [0.5, 0.6) is 11.5 Å². The standard InChI is InChI=1S/C21H19N3O4/c1-22-17(21(26)28-19-12-24-16-9-5-3-7-14(16)19)10-20(25)27-18-11-23-15-8-4-2-6-13(15)18/h2-9,11-12,17,22-24H,10H2,1H3/t17-/m1/s1. The maximum absolute atomic E-state index is 12.5. The molecule has 7 nitrogen and oxygen atoms in total. The topological polar surface area (TPSA) is 96.2 Å². The van der Waals surface area contributed by atoms with Crippen LogP contribution in [0.3, 0.4) is 0 Å². The van der Waals surface area contributed by atoms with E-state index >= 15 is 0 Å². The van der Waals surface area contributed by atoms with Gasteiger partial charge in [0.05, 0.1) is 6.42 Å². The molecular weight excluding hydrogens is 358 g/mol. The number of hydrogen-bond donors (Lipinski definition) is 3. The highest BCUT2D eigenvalue weighted by atomic mass is 16.5. The van der Waals surface area contributed by atoms with Crippen molar-refractivity contribution >= 4 is 33.7 Å². The summed E-state index contributed by atoms with van der Waals surface area (Å²) in [6, 6.07) is 14.2. The predicted molar refractivity (Wildman–Crippen MR) is 105 cm³/mol. The van der Waals surface area contributed by atoms with Gasteiger partial charge in [0.15, 0.2) is 11.5 Å². The van der Waals surface area contributed by atoms with E-state index in [0.29, 0.717) is 11.5 Å². The van der Waals surface area contributed by atoms with Crippen molar-refractivity contribution in [2.75, 3.05) is 7.05 Å². The molecule has 0 aliphatic heterocycles. The van der Waals surface area contributed by atoms with Crippen LogP contribution in [0.25, 0.3) is 21.8 Å². The van der Waals surface area contributed by atoms with E-state index in [1.54, 1.807) is 19.4 Å². The maximum atomic E-state index is 12.5. The lowest BCUT2D eigenvalue weighted by molar-refractivity contribution is -0.142. The van der Waals surface area contributed by atoms with E-state index in [1.807, 2.05) is 48.5 Å². The highest BCUT2D eigenvalue weighted by molar-refractivity contribution is 5.92. The third kappa shape index (κ3) is 3.47. The molecule has 0 unspecified atom stereocenters. The first-order valence-corrected chi connectivity index (χ1v) is 8.87. The molecule has 4 aromatic rings. The molecule has 7 heteroatoms. The molecule has 142 valence electrons. The first kappa shape index (κ1) is 17.8. The molecule has 0 radical (unpaired) electrons. The zero-order chi connectivity index (χ0) is 19.5. The highest BCUT2D eigenvalue weighted by Crippen LogP contribution is 2.26. The summed E-state index contributed by atoms with van der Waals surface area (Å²) in [7, 11) is 1.60. The summed E-state index contributed by atoms with van der Waals surface area (Å²) in [5.74, 6) is -0.227. The summed E-state index contributed by atoms with van der Waals surface area (Å²) >= 11 is 0. The van der Waals surface area contributed by atoms with Crippen molar-refractivity contribution in [3.8, 4) is 11.5 Å². The van der Waals surface area contributed by atoms with Gasteiger partial charge in [0.1, 0.15) is 6.04 Å². The van der Waals surface area contributed by atoms with E-state index in [2.05, 4.69) is 15.3 Å². The van der Waals surface area contributed by atoms with E-state index in [4.69, 9.17) is 9.47 Å². The predicted octanol–water partition coefficient (Wildman–Crippen LogP) is 3.14. The second-order valence-corrected chi connectivity index (χ2v) is 6.34. The Morgan fingerprint density at radius 1 is 0.893 bits per heavy atom. The summed E-state index contributed by atoms with van der Waals surface area (Å²) in [6.45, 7) is 0. The minimum atomic E-state index is -0.827. The van der Waals surface area contributed by atoms with Gasteiger partial charge in [-0.3, -0.25) is 4.79 Å². The largest absolute Gasteiger partial charge is 0.424 e. The summed E-state index contributed by atoms with van der Waals surface area (Å²) in [5, 5.41) is 4.42. The van der Waals surface area contributed by atoms with Gasteiger partial charge in [-0.25, -0.2) is 4.79 Å². The van der Waals surface area contributed by atoms with Crippen LogP contribution >= 0.6 is 0 Å². The van der Waals surface area contributed by atoms with E-state index in [1.165, 1.54) is 0 Å². The Morgan fingerprint density at radius 3 is 2.00 bits per heavy atom. The number of likely N-dealkylation sites (N-methyl/N-ethyl adjacent to an activating group) is 1. The summed E-state index contributed by atoms with van der Waals surface area (Å²) < 4.78 is 10.9. The van der Waals surface area contributed by atoms with Crippen molar-refractivity contribution < 1.29 is 19.1 Å². The molecular formula is C21H19N3O4. The van der Waals surface area contributed by atoms with Gasteiger partial charge < -0.3 is 24.8 Å². The second-order valence-electron chi connectivity index (χ2n) is 6.34. The third-order valence-electron chi connectivity index (χ3n) is 4.54. The normalized spacial score (nSPS) is 12.2. The van der Waals surface area contributed by atoms with Crippen molar-refractivity contribution in [3.63, 3.8) is 0 Å². The van der Waals surface area contributed by atoms with Crippen molar-refractivity contribution in [2.24, 2.45) is 0 Å². The number of para-hydroxylation sites is 2. The molecule has 0 saturated heterocycles. The van der Waals surface area contributed by atoms with Crippen LogP contribution in [0, 0.1) is 0 Å². The van der Waals surface area contributed by atoms with Crippen LogP contribution in [-0.4, -0.2) is 35.0 Å². The molecule has 0 saturated carbocycles. The molecule has 0 aliphatic rings. The number of aromatic amines is 2. The number of esters is 2. The lowest BCUT2D eigenvalue weighted by Gasteiger charge is -2.14. The van der Waals surface area contributed by atoms with Crippen molar-refractivity contribution in [2.45, 2.75) is 12.5 Å². The van der Waals surface area contributed by atoms with E-state index in [9.17, 15) is 9.59 Å². The third-order valence-corrected chi connectivity index (χ3v) is 4.54. The molecule has 0 bridgehead atoms. The number of hydrogen-bond acceptors (Lipinski definition) is 5. The fourth-order valence-electron chi connectivity index (χ4n) is 3.07. The Morgan fingerprint density at radius 2 is 1.43 bits per heavy atom. The van der Waals surface area contributed by atoms with Crippen molar-refractivity contribution in [3.05, 3.63) is 60.9 Å². The monoisotopic (exact) mass is 377 g/mol. The molecule has 2 aromatic carbocycles. The fourth-order valence-corrected chi connectivity index (χ4v) is 3.07. The molecule has 0 spiro atoms. The minimum absolute atomic E-state index is 0.156. The van der Waals surface area contributed by atoms with Crippen LogP contribution in [-0.2, 0) is 9.59 Å². The van der Waals surface area contributed by atoms with E-state index in [0.717, 1.165) is 21.8 Å². The first-order valence-electron chi connectivity index (χ1n) is 8.87. The number of rotatable bonds is 6. The number of H-pyrrole nitrogens is 2. The average Bonchev–Trinajstić information content (AvgIpc) is 3.31. The molecule has 3 N–H and O–H groups in total. The number of benzene rings is 2. The Labute approximate surface area is 160 Å². The van der Waals surface area contributed by atoms with Gasteiger partial charge in [0, 0.05) is 34.2 Å². The smallest absolute Gasteiger partial charge is 0.329 e. The van der Waals surface area contributed by atoms with Gasteiger partial charge in [0.2, 0.25) is 0 Å². The van der Waals surface area contributed by atoms with Crippen LogP contribution in [0.2, 0.25) is 0 Å². The Bertz CT molecular complexity index is 1140. The maximum Gasteiger partial charge on any atom is 0.329 e. The summed E-state index contributed by atoms with van der Waals surface area (Å²) in [4.78, 5) is 31.0. The molecule has 0 amide bonds. The zero-order valence-corrected chi connectivity index (χ0v) is 15.2. The lowest BCUT2D eigenvalue weighted by atomic mass is 10.2. The quantitative estimate of drug-likeness (QED) is 0.449. The molecule has 4 rings (SSSR count). The van der Waals surface area contributed by atoms with Gasteiger partial charge in [-0.1, -0.05) is 24.3 Å². The molecule has 1 atom stereocenters. The number of carbonyl (C=O) groups is 2. The van der Waals surface area contributed by atoms with Gasteiger partial charge >= 0.3 is 11.9 Å². The SMILES string of the molecule is CN[C@H](CC(=O)Oc1c[nH]c2ccccc12)C(=O)Oc1c[nH]c2ccccc12. The second kappa shape index (κ2) is 7.58. The number of fused-ring (bicyclic) bond motifs is 2. The Hall–Kier alpha value is -3.58. The van der Waals surface area contributed by atoms with Gasteiger partial charge in [-0.2, -0.15) is 0 Å². The first-order chi connectivity index (χ1) is 13.7. The number of aromatic nitrogens is 2. The Balaban J connectivity index is 1.43. The fraction of sp³-hybridized carbons (Fsp3) is 0.143. The lowest BCUT2D eigenvalue weighted by Crippen LogP contribution is -2.39. The minimum Gasteiger partial charge on any atom is -0.424 e. The van der Waals surface area contributed by atoms with Crippen LogP contribution in [0.15, 0.2) is 60.9 Å². The number of ether oxygens (including phenoxy) is 2. The highest BCUT2D eigenvalue weighted by Gasteiger charge is 2.25. The van der Waals surface area contributed by atoms with Crippen LogP contribution in [0.1, 0.15) is 6.42 Å². The summed E-state index contributed by atoms with van der Waals surface area (Å²) in [5.41, 5.74) is 1.74. The van der Waals surface area contributed by atoms with Gasteiger partial charge in [-0.05, 0) is 31.3 Å². The molecule has 2 aromatic heterocycles. The van der Waals surface area contributed by atoms with Crippen LogP contribution in [0.4, 0.5) is 0 Å². The Kier molecular flexibility index (Phi) is 4.82. The van der Waals surface area contributed by atoms with E-state index in [-0.39, 0.29) is 6.42 Å². The van der Waals surface area contributed by atoms with Gasteiger partial charge in [-0.15, -0.1) is 0 Å². The molecule has 28 heavy (non-hydrogen) atoms. The number of nitrogens with one attached hydrogen (secondary N) is 3.